The summed E-state index contributed by atoms with van der Waals surface area (Å²) in [7, 11) is 0. The first-order valence-corrected chi connectivity index (χ1v) is 6.76. The first-order chi connectivity index (χ1) is 11.3. The fourth-order valence-electron chi connectivity index (χ4n) is 1.82. The normalized spacial score (nSPS) is 11.0. The maximum Gasteiger partial charge on any atom is 0.471 e. The predicted molar refractivity (Wildman–Crippen MR) is 78.7 cm³/mol. The van der Waals surface area contributed by atoms with Crippen LogP contribution in [-0.2, 0) is 11.3 Å². The zero-order valence-electron chi connectivity index (χ0n) is 12.2. The molecule has 0 bridgehead atoms. The van der Waals surface area contributed by atoms with E-state index in [1.807, 2.05) is 0 Å². The summed E-state index contributed by atoms with van der Waals surface area (Å²) in [4.78, 5) is 22.6. The zero-order valence-corrected chi connectivity index (χ0v) is 12.2. The van der Waals surface area contributed by atoms with Gasteiger partial charge < -0.3 is 10.6 Å². The Labute approximate surface area is 134 Å². The molecule has 4 nitrogen and oxygen atoms in total. The fourth-order valence-corrected chi connectivity index (χ4v) is 1.82. The molecule has 24 heavy (non-hydrogen) atoms. The van der Waals surface area contributed by atoms with Gasteiger partial charge in [0.25, 0.3) is 5.91 Å². The van der Waals surface area contributed by atoms with E-state index in [1.165, 1.54) is 42.5 Å². The van der Waals surface area contributed by atoms with Crippen molar-refractivity contribution in [2.75, 3.05) is 5.32 Å². The summed E-state index contributed by atoms with van der Waals surface area (Å²) in [6.45, 7) is -0.295. The highest BCUT2D eigenvalue weighted by Crippen LogP contribution is 2.15. The van der Waals surface area contributed by atoms with Crippen LogP contribution < -0.4 is 10.6 Å². The van der Waals surface area contributed by atoms with Gasteiger partial charge in [-0.15, -0.1) is 0 Å². The Kier molecular flexibility index (Phi) is 5.18. The maximum atomic E-state index is 13.1. The van der Waals surface area contributed by atoms with E-state index in [1.54, 1.807) is 5.32 Å². The van der Waals surface area contributed by atoms with Gasteiger partial charge in [-0.25, -0.2) is 4.39 Å². The van der Waals surface area contributed by atoms with Crippen LogP contribution in [0, 0.1) is 5.82 Å². The minimum absolute atomic E-state index is 0.136. The molecular weight excluding hydrogens is 328 g/mol. The summed E-state index contributed by atoms with van der Waals surface area (Å²) in [5, 5.41) is 4.27. The van der Waals surface area contributed by atoms with E-state index in [0.29, 0.717) is 11.3 Å². The molecule has 2 amide bonds. The van der Waals surface area contributed by atoms with Crippen LogP contribution in [0.15, 0.2) is 48.5 Å². The third kappa shape index (κ3) is 4.80. The SMILES string of the molecule is O=C(Nc1ccc(CNC(=O)C(F)(F)F)cc1)c1cccc(F)c1. The number of benzene rings is 2. The van der Waals surface area contributed by atoms with Gasteiger partial charge in [0, 0.05) is 17.8 Å². The lowest BCUT2D eigenvalue weighted by atomic mass is 10.1. The van der Waals surface area contributed by atoms with Gasteiger partial charge in [-0.05, 0) is 35.9 Å². The molecule has 0 radical (unpaired) electrons. The zero-order chi connectivity index (χ0) is 17.7. The average Bonchev–Trinajstić information content (AvgIpc) is 2.53. The Morgan fingerprint density at radius 3 is 2.25 bits per heavy atom. The van der Waals surface area contributed by atoms with Crippen molar-refractivity contribution in [2.24, 2.45) is 0 Å². The van der Waals surface area contributed by atoms with Gasteiger partial charge in [0.1, 0.15) is 5.82 Å². The van der Waals surface area contributed by atoms with E-state index in [0.717, 1.165) is 6.07 Å². The van der Waals surface area contributed by atoms with Gasteiger partial charge in [-0.1, -0.05) is 18.2 Å². The summed E-state index contributed by atoms with van der Waals surface area (Å²) in [5.41, 5.74) is 0.947. The standard InChI is InChI=1S/C16H12F4N2O2/c17-12-3-1-2-11(8-12)14(23)22-13-6-4-10(5-7-13)9-21-15(24)16(18,19)20/h1-8H,9H2,(H,21,24)(H,22,23). The van der Waals surface area contributed by atoms with Crippen molar-refractivity contribution >= 4 is 17.5 Å². The van der Waals surface area contributed by atoms with Gasteiger partial charge in [0.15, 0.2) is 0 Å². The molecule has 8 heteroatoms. The van der Waals surface area contributed by atoms with Crippen molar-refractivity contribution in [1.29, 1.82) is 0 Å². The third-order valence-electron chi connectivity index (χ3n) is 3.01. The number of alkyl halides is 3. The van der Waals surface area contributed by atoms with Crippen LogP contribution in [0.3, 0.4) is 0 Å². The number of rotatable bonds is 4. The lowest BCUT2D eigenvalue weighted by Crippen LogP contribution is -2.36. The molecular formula is C16H12F4N2O2. The van der Waals surface area contributed by atoms with Crippen LogP contribution in [0.4, 0.5) is 23.2 Å². The van der Waals surface area contributed by atoms with Crippen LogP contribution in [-0.4, -0.2) is 18.0 Å². The molecule has 0 atom stereocenters. The molecule has 2 aromatic carbocycles. The minimum atomic E-state index is -4.93. The molecule has 0 spiro atoms. The van der Waals surface area contributed by atoms with Crippen LogP contribution >= 0.6 is 0 Å². The van der Waals surface area contributed by atoms with Crippen LogP contribution in [0.5, 0.6) is 0 Å². The summed E-state index contributed by atoms with van der Waals surface area (Å²) >= 11 is 0. The van der Waals surface area contributed by atoms with Crippen LogP contribution in [0.25, 0.3) is 0 Å². The van der Waals surface area contributed by atoms with Crippen molar-refractivity contribution in [2.45, 2.75) is 12.7 Å². The first-order valence-electron chi connectivity index (χ1n) is 6.76. The highest BCUT2D eigenvalue weighted by molar-refractivity contribution is 6.04. The number of nitrogens with one attached hydrogen (secondary N) is 2. The monoisotopic (exact) mass is 340 g/mol. The van der Waals surface area contributed by atoms with E-state index in [4.69, 9.17) is 0 Å². The Hall–Kier alpha value is -2.90. The molecule has 0 aliphatic carbocycles. The lowest BCUT2D eigenvalue weighted by molar-refractivity contribution is -0.173. The Morgan fingerprint density at radius 1 is 1.00 bits per heavy atom. The average molecular weight is 340 g/mol. The second-order valence-electron chi connectivity index (χ2n) is 4.84. The molecule has 0 saturated heterocycles. The van der Waals surface area contributed by atoms with E-state index in [-0.39, 0.29) is 12.1 Å². The van der Waals surface area contributed by atoms with Crippen LogP contribution in [0.2, 0.25) is 0 Å². The topological polar surface area (TPSA) is 58.2 Å². The van der Waals surface area contributed by atoms with Gasteiger partial charge in [-0.3, -0.25) is 9.59 Å². The van der Waals surface area contributed by atoms with Crippen molar-refractivity contribution < 1.29 is 27.2 Å². The molecule has 0 aliphatic rings. The molecule has 2 rings (SSSR count). The van der Waals surface area contributed by atoms with Crippen molar-refractivity contribution in [3.05, 3.63) is 65.5 Å². The number of hydrogen-bond acceptors (Lipinski definition) is 2. The number of carbonyl (C=O) groups excluding carboxylic acids is 2. The van der Waals surface area contributed by atoms with E-state index < -0.39 is 23.8 Å². The quantitative estimate of drug-likeness (QED) is 0.840. The minimum Gasteiger partial charge on any atom is -0.344 e. The second kappa shape index (κ2) is 7.12. The number of amides is 2. The number of carbonyl (C=O) groups is 2. The predicted octanol–water partition coefficient (Wildman–Crippen LogP) is 3.26. The Balaban J connectivity index is 1.95. The van der Waals surface area contributed by atoms with Crippen molar-refractivity contribution in [1.82, 2.24) is 5.32 Å². The molecule has 0 fully saturated rings. The highest BCUT2D eigenvalue weighted by Gasteiger charge is 2.38. The smallest absolute Gasteiger partial charge is 0.344 e. The number of hydrogen-bond donors (Lipinski definition) is 2. The molecule has 0 unspecified atom stereocenters. The molecule has 0 aromatic heterocycles. The highest BCUT2D eigenvalue weighted by atomic mass is 19.4. The molecule has 0 heterocycles. The van der Waals surface area contributed by atoms with Crippen LogP contribution in [0.1, 0.15) is 15.9 Å². The lowest BCUT2D eigenvalue weighted by Gasteiger charge is -2.09. The summed E-state index contributed by atoms with van der Waals surface area (Å²) in [6, 6.07) is 11.0. The molecule has 0 saturated carbocycles. The van der Waals surface area contributed by atoms with Gasteiger partial charge in [0.2, 0.25) is 0 Å². The van der Waals surface area contributed by atoms with Gasteiger partial charge >= 0.3 is 12.1 Å². The number of halogens is 4. The largest absolute Gasteiger partial charge is 0.471 e. The molecule has 2 aromatic rings. The summed E-state index contributed by atoms with van der Waals surface area (Å²) < 4.78 is 49.2. The van der Waals surface area contributed by atoms with Crippen molar-refractivity contribution in [3.8, 4) is 0 Å². The molecule has 2 N–H and O–H groups in total. The van der Waals surface area contributed by atoms with E-state index >= 15 is 0 Å². The fraction of sp³-hybridized carbons (Fsp3) is 0.125. The number of anilines is 1. The first kappa shape index (κ1) is 17.5. The van der Waals surface area contributed by atoms with E-state index in [2.05, 4.69) is 5.32 Å². The Bertz CT molecular complexity index is 742. The maximum absolute atomic E-state index is 13.1. The van der Waals surface area contributed by atoms with Gasteiger partial charge in [-0.2, -0.15) is 13.2 Å². The summed E-state index contributed by atoms with van der Waals surface area (Å²) in [5.74, 6) is -3.09. The van der Waals surface area contributed by atoms with Gasteiger partial charge in [0.05, 0.1) is 0 Å². The summed E-state index contributed by atoms with van der Waals surface area (Å²) in [6.07, 6.45) is -4.93. The van der Waals surface area contributed by atoms with Crippen molar-refractivity contribution in [3.63, 3.8) is 0 Å². The molecule has 0 aliphatic heterocycles. The third-order valence-corrected chi connectivity index (χ3v) is 3.01. The van der Waals surface area contributed by atoms with E-state index in [9.17, 15) is 27.2 Å². The second-order valence-corrected chi connectivity index (χ2v) is 4.84. The molecule has 126 valence electrons. The Morgan fingerprint density at radius 2 is 1.67 bits per heavy atom.